The first-order valence-corrected chi connectivity index (χ1v) is 10.1. The lowest BCUT2D eigenvalue weighted by Crippen LogP contribution is -2.51. The summed E-state index contributed by atoms with van der Waals surface area (Å²) in [5, 5.41) is 10.9. The molecule has 0 bridgehead atoms. The average molecular weight is 418 g/mol. The predicted molar refractivity (Wildman–Crippen MR) is 102 cm³/mol. The Morgan fingerprint density at radius 3 is 2.41 bits per heavy atom. The predicted octanol–water partition coefficient (Wildman–Crippen LogP) is 0.104. The molecule has 1 amide bonds. The van der Waals surface area contributed by atoms with Crippen molar-refractivity contribution in [3.05, 3.63) is 29.3 Å². The van der Waals surface area contributed by atoms with Gasteiger partial charge in [0.1, 0.15) is 6.54 Å². The van der Waals surface area contributed by atoms with Gasteiger partial charge in [-0.25, -0.2) is 8.42 Å². The number of halogens is 1. The molecule has 1 saturated heterocycles. The Morgan fingerprint density at radius 2 is 1.74 bits per heavy atom. The van der Waals surface area contributed by atoms with Gasteiger partial charge in [0.15, 0.2) is 0 Å². The maximum Gasteiger partial charge on any atom is 0.322 e. The van der Waals surface area contributed by atoms with Crippen molar-refractivity contribution in [3.63, 3.8) is 0 Å². The zero-order valence-corrected chi connectivity index (χ0v) is 16.5. The summed E-state index contributed by atoms with van der Waals surface area (Å²) >= 11 is 0. The highest BCUT2D eigenvalue weighted by molar-refractivity contribution is 7.89. The molecule has 0 unspecified atom stereocenters. The molecule has 0 saturated carbocycles. The summed E-state index contributed by atoms with van der Waals surface area (Å²) in [5.74, 6) is -1.47. The summed E-state index contributed by atoms with van der Waals surface area (Å²) < 4.78 is 27.2. The Labute approximate surface area is 165 Å². The maximum atomic E-state index is 12.9. The number of nitrogens with zero attached hydrogens (tertiary/aromatic N) is 2. The number of benzene rings is 1. The lowest BCUT2D eigenvalue weighted by Gasteiger charge is -2.33. The van der Waals surface area contributed by atoms with Crippen molar-refractivity contribution >= 4 is 34.3 Å². The van der Waals surface area contributed by atoms with Crippen LogP contribution in [0.15, 0.2) is 23.1 Å². The number of amides is 1. The summed E-state index contributed by atoms with van der Waals surface area (Å²) in [7, 11) is -3.53. The zero-order chi connectivity index (χ0) is 18.7. The van der Waals surface area contributed by atoms with Crippen LogP contribution in [0, 0.1) is 0 Å². The molecule has 1 fully saturated rings. The lowest BCUT2D eigenvalue weighted by atomic mass is 10.1. The van der Waals surface area contributed by atoms with Gasteiger partial charge in [-0.2, -0.15) is 4.31 Å². The van der Waals surface area contributed by atoms with Crippen molar-refractivity contribution < 1.29 is 23.1 Å². The molecule has 10 heteroatoms. The largest absolute Gasteiger partial charge is 0.480 e. The molecule has 0 spiro atoms. The molecule has 2 aliphatic rings. The molecule has 0 aromatic heterocycles. The van der Waals surface area contributed by atoms with Crippen molar-refractivity contribution in [2.75, 3.05) is 39.3 Å². The van der Waals surface area contributed by atoms with E-state index in [4.69, 9.17) is 5.11 Å². The van der Waals surface area contributed by atoms with Crippen LogP contribution in [0.4, 0.5) is 0 Å². The number of aliphatic carboxylic acids is 1. The van der Waals surface area contributed by atoms with Crippen LogP contribution in [-0.4, -0.2) is 73.9 Å². The van der Waals surface area contributed by atoms with Crippen LogP contribution in [0.1, 0.15) is 17.5 Å². The summed E-state index contributed by atoms with van der Waals surface area (Å²) in [4.78, 5) is 24.3. The number of hydrogen-bond acceptors (Lipinski definition) is 5. The van der Waals surface area contributed by atoms with Gasteiger partial charge in [-0.15, -0.1) is 12.4 Å². The first-order chi connectivity index (χ1) is 12.4. The molecule has 2 N–H and O–H groups in total. The maximum absolute atomic E-state index is 12.9. The number of hydrogen-bond donors (Lipinski definition) is 2. The first-order valence-electron chi connectivity index (χ1n) is 8.69. The van der Waals surface area contributed by atoms with Gasteiger partial charge >= 0.3 is 5.97 Å². The highest BCUT2D eigenvalue weighted by Crippen LogP contribution is 2.26. The normalized spacial score (nSPS) is 17.8. The average Bonchev–Trinajstić information content (AvgIpc) is 3.08. The lowest BCUT2D eigenvalue weighted by molar-refractivity contribution is -0.138. The smallest absolute Gasteiger partial charge is 0.322 e. The molecular formula is C17H24ClN3O5S. The minimum absolute atomic E-state index is 0. The van der Waals surface area contributed by atoms with E-state index >= 15 is 0 Å². The number of sulfonamides is 1. The Morgan fingerprint density at radius 1 is 1.07 bits per heavy atom. The molecule has 1 aliphatic carbocycles. The van der Waals surface area contributed by atoms with E-state index in [1.807, 2.05) is 11.0 Å². The number of rotatable bonds is 6. The molecule has 8 nitrogen and oxygen atoms in total. The van der Waals surface area contributed by atoms with Gasteiger partial charge < -0.3 is 10.4 Å². The highest BCUT2D eigenvalue weighted by atomic mass is 35.5. The standard InChI is InChI=1S/C17H23N3O5S.ClH/c21-16(18-11-17(22)23)12-19-6-8-20(9-7-19)26(24,25)15-5-4-13-2-1-3-14(13)10-15;/h4-5,10H,1-3,6-9,11-12H2,(H,18,21)(H,22,23);1H. The van der Waals surface area contributed by atoms with Gasteiger partial charge in [0, 0.05) is 26.2 Å². The van der Waals surface area contributed by atoms with Crippen molar-refractivity contribution in [3.8, 4) is 0 Å². The monoisotopic (exact) mass is 417 g/mol. The van der Waals surface area contributed by atoms with Gasteiger partial charge in [0.2, 0.25) is 15.9 Å². The number of fused-ring (bicyclic) bond motifs is 1. The van der Waals surface area contributed by atoms with Gasteiger partial charge in [-0.05, 0) is 42.5 Å². The third-order valence-electron chi connectivity index (χ3n) is 4.84. The Hall–Kier alpha value is -1.68. The van der Waals surface area contributed by atoms with Crippen LogP contribution in [0.3, 0.4) is 0 Å². The van der Waals surface area contributed by atoms with E-state index in [0.717, 1.165) is 24.8 Å². The van der Waals surface area contributed by atoms with Crippen LogP contribution < -0.4 is 5.32 Å². The number of carbonyl (C=O) groups excluding carboxylic acids is 1. The topological polar surface area (TPSA) is 107 Å². The Balaban J connectivity index is 0.00000261. The number of nitrogens with one attached hydrogen (secondary N) is 1. The van der Waals surface area contributed by atoms with E-state index in [9.17, 15) is 18.0 Å². The number of carboxylic acids is 1. The second kappa shape index (κ2) is 9.01. The highest BCUT2D eigenvalue weighted by Gasteiger charge is 2.29. The first kappa shape index (κ1) is 21.6. The van der Waals surface area contributed by atoms with Gasteiger partial charge in [-0.1, -0.05) is 6.07 Å². The molecule has 1 aliphatic heterocycles. The van der Waals surface area contributed by atoms with Crippen LogP contribution >= 0.6 is 12.4 Å². The van der Waals surface area contributed by atoms with Gasteiger partial charge in [0.25, 0.3) is 0 Å². The molecule has 0 radical (unpaired) electrons. The van der Waals surface area contributed by atoms with Crippen molar-refractivity contribution in [1.29, 1.82) is 0 Å². The third kappa shape index (κ3) is 5.19. The Kier molecular flexibility index (Phi) is 7.21. The molecule has 27 heavy (non-hydrogen) atoms. The van der Waals surface area contributed by atoms with E-state index in [-0.39, 0.29) is 24.9 Å². The van der Waals surface area contributed by atoms with E-state index in [1.165, 1.54) is 9.87 Å². The number of aryl methyl sites for hydroxylation is 2. The summed E-state index contributed by atoms with van der Waals surface area (Å²) in [6.07, 6.45) is 3.01. The van der Waals surface area contributed by atoms with Crippen LogP contribution in [-0.2, 0) is 32.5 Å². The molecular weight excluding hydrogens is 394 g/mol. The molecule has 3 rings (SSSR count). The van der Waals surface area contributed by atoms with Gasteiger partial charge in [-0.3, -0.25) is 14.5 Å². The summed E-state index contributed by atoms with van der Waals surface area (Å²) in [6.45, 7) is 1.15. The third-order valence-corrected chi connectivity index (χ3v) is 6.74. The zero-order valence-electron chi connectivity index (χ0n) is 14.9. The summed E-state index contributed by atoms with van der Waals surface area (Å²) in [5.41, 5.74) is 2.36. The fourth-order valence-electron chi connectivity index (χ4n) is 3.42. The van der Waals surface area contributed by atoms with E-state index < -0.39 is 22.5 Å². The van der Waals surface area contributed by atoms with E-state index in [1.54, 1.807) is 12.1 Å². The molecule has 0 atom stereocenters. The van der Waals surface area contributed by atoms with E-state index in [0.29, 0.717) is 31.1 Å². The fourth-order valence-corrected chi connectivity index (χ4v) is 4.89. The molecule has 150 valence electrons. The van der Waals surface area contributed by atoms with Crippen molar-refractivity contribution in [1.82, 2.24) is 14.5 Å². The molecule has 1 aromatic rings. The number of carbonyl (C=O) groups is 2. The van der Waals surface area contributed by atoms with Crippen LogP contribution in [0.2, 0.25) is 0 Å². The number of carboxylic acid groups (broad SMARTS) is 1. The van der Waals surface area contributed by atoms with Gasteiger partial charge in [0.05, 0.1) is 11.4 Å². The van der Waals surface area contributed by atoms with Crippen molar-refractivity contribution in [2.24, 2.45) is 0 Å². The quantitative estimate of drug-likeness (QED) is 0.680. The van der Waals surface area contributed by atoms with Crippen LogP contribution in [0.25, 0.3) is 0 Å². The summed E-state index contributed by atoms with van der Waals surface area (Å²) in [6, 6.07) is 5.40. The van der Waals surface area contributed by atoms with Crippen molar-refractivity contribution in [2.45, 2.75) is 24.2 Å². The Bertz CT molecular complexity index is 807. The van der Waals surface area contributed by atoms with Crippen LogP contribution in [0.5, 0.6) is 0 Å². The fraction of sp³-hybridized carbons (Fsp3) is 0.529. The minimum Gasteiger partial charge on any atom is -0.480 e. The SMILES string of the molecule is Cl.O=C(O)CNC(=O)CN1CCN(S(=O)(=O)c2ccc3c(c2)CCC3)CC1. The van der Waals surface area contributed by atoms with E-state index in [2.05, 4.69) is 5.32 Å². The minimum atomic E-state index is -3.53. The number of piperazine rings is 1. The second-order valence-electron chi connectivity index (χ2n) is 6.63. The molecule has 1 heterocycles. The molecule has 1 aromatic carbocycles. The second-order valence-corrected chi connectivity index (χ2v) is 8.57.